The molecule has 29 heavy (non-hydrogen) atoms. The van der Waals surface area contributed by atoms with Gasteiger partial charge in [-0.1, -0.05) is 36.4 Å². The van der Waals surface area contributed by atoms with Crippen LogP contribution >= 0.6 is 0 Å². The van der Waals surface area contributed by atoms with Crippen molar-refractivity contribution in [3.8, 4) is 17.2 Å². The maximum atomic E-state index is 12.8. The molecule has 1 unspecified atom stereocenters. The Balaban J connectivity index is 1.36. The highest BCUT2D eigenvalue weighted by atomic mass is 16.5. The number of fused-ring (bicyclic) bond motifs is 2. The van der Waals surface area contributed by atoms with Crippen molar-refractivity contribution in [2.45, 2.75) is 6.04 Å². The zero-order valence-corrected chi connectivity index (χ0v) is 15.5. The van der Waals surface area contributed by atoms with E-state index in [1.807, 2.05) is 66.7 Å². The van der Waals surface area contributed by atoms with Gasteiger partial charge in [-0.15, -0.1) is 0 Å². The molecule has 4 aromatic rings. The highest BCUT2D eigenvalue weighted by Crippen LogP contribution is 2.32. The van der Waals surface area contributed by atoms with Crippen molar-refractivity contribution in [2.24, 2.45) is 0 Å². The smallest absolute Gasteiger partial charge is 0.252 e. The number of benzene rings is 3. The van der Waals surface area contributed by atoms with Crippen LogP contribution in [0.4, 0.5) is 0 Å². The maximum absolute atomic E-state index is 12.8. The molecule has 0 fully saturated rings. The third-order valence-corrected chi connectivity index (χ3v) is 4.94. The van der Waals surface area contributed by atoms with Gasteiger partial charge in [-0.25, -0.2) is 0 Å². The summed E-state index contributed by atoms with van der Waals surface area (Å²) < 4.78 is 11.7. The lowest BCUT2D eigenvalue weighted by Gasteiger charge is -2.13. The second-order valence-electron chi connectivity index (χ2n) is 6.83. The molecule has 1 atom stereocenters. The number of rotatable bonds is 4. The minimum absolute atomic E-state index is 0.160. The number of aromatic nitrogens is 1. The molecular formula is C24H18N2O3. The molecule has 5 heteroatoms. The quantitative estimate of drug-likeness (QED) is 0.546. The first-order valence-electron chi connectivity index (χ1n) is 9.42. The molecule has 1 aromatic heterocycles. The predicted molar refractivity (Wildman–Crippen MR) is 110 cm³/mol. The first-order chi connectivity index (χ1) is 14.3. The summed E-state index contributed by atoms with van der Waals surface area (Å²) in [6.07, 6.45) is 1.71. The second-order valence-corrected chi connectivity index (χ2v) is 6.83. The van der Waals surface area contributed by atoms with E-state index in [9.17, 15) is 4.79 Å². The summed E-state index contributed by atoms with van der Waals surface area (Å²) in [7, 11) is 0. The molecule has 1 amide bonds. The van der Waals surface area contributed by atoms with Gasteiger partial charge in [0.1, 0.15) is 23.9 Å². The van der Waals surface area contributed by atoms with Crippen LogP contribution in [0, 0.1) is 0 Å². The van der Waals surface area contributed by atoms with Crippen LogP contribution in [0.15, 0.2) is 85.1 Å². The van der Waals surface area contributed by atoms with E-state index in [1.54, 1.807) is 18.3 Å². The molecule has 0 aliphatic carbocycles. The number of nitrogens with one attached hydrogen (secondary N) is 1. The summed E-state index contributed by atoms with van der Waals surface area (Å²) in [6, 6.07) is 24.4. The van der Waals surface area contributed by atoms with Crippen LogP contribution < -0.4 is 14.8 Å². The Morgan fingerprint density at radius 3 is 2.83 bits per heavy atom. The van der Waals surface area contributed by atoms with Gasteiger partial charge in [0.2, 0.25) is 0 Å². The van der Waals surface area contributed by atoms with Crippen LogP contribution in [-0.2, 0) is 0 Å². The van der Waals surface area contributed by atoms with Crippen molar-refractivity contribution >= 4 is 16.8 Å². The predicted octanol–water partition coefficient (Wildman–Crippen LogP) is 4.89. The van der Waals surface area contributed by atoms with Crippen molar-refractivity contribution in [3.63, 3.8) is 0 Å². The molecule has 1 aliphatic rings. The summed E-state index contributed by atoms with van der Waals surface area (Å²) in [6.45, 7) is 0.435. The average Bonchev–Trinajstić information content (AvgIpc) is 3.17. The molecule has 3 aromatic carbocycles. The fraction of sp³-hybridized carbons (Fsp3) is 0.0833. The minimum Gasteiger partial charge on any atom is -0.491 e. The van der Waals surface area contributed by atoms with E-state index in [0.717, 1.165) is 22.2 Å². The van der Waals surface area contributed by atoms with Gasteiger partial charge in [-0.3, -0.25) is 9.78 Å². The Bertz CT molecular complexity index is 1200. The van der Waals surface area contributed by atoms with Gasteiger partial charge in [0.05, 0.1) is 11.6 Å². The third-order valence-electron chi connectivity index (χ3n) is 4.94. The van der Waals surface area contributed by atoms with E-state index in [2.05, 4.69) is 10.3 Å². The molecule has 142 valence electrons. The topological polar surface area (TPSA) is 60.5 Å². The lowest BCUT2D eigenvalue weighted by Crippen LogP contribution is -2.29. The Hall–Kier alpha value is -3.86. The van der Waals surface area contributed by atoms with Gasteiger partial charge in [0, 0.05) is 22.7 Å². The highest BCUT2D eigenvalue weighted by Gasteiger charge is 2.25. The standard InChI is InChI=1S/C24H18N2O3/c27-24(26-21-15-28-22-11-4-2-9-19(21)22)16-6-5-7-17(14-16)29-23-12-13-25-20-10-3-1-8-18(20)23/h1-14,21H,15H2,(H,26,27). The summed E-state index contributed by atoms with van der Waals surface area (Å²) >= 11 is 0. The molecule has 1 N–H and O–H groups in total. The lowest BCUT2D eigenvalue weighted by molar-refractivity contribution is 0.0930. The Kier molecular flexibility index (Phi) is 4.33. The van der Waals surface area contributed by atoms with Crippen LogP contribution in [0.25, 0.3) is 10.9 Å². The second kappa shape index (κ2) is 7.28. The minimum atomic E-state index is -0.166. The van der Waals surface area contributed by atoms with Crippen LogP contribution in [0.2, 0.25) is 0 Å². The number of ether oxygens (including phenoxy) is 2. The number of hydrogen-bond acceptors (Lipinski definition) is 4. The number of para-hydroxylation sites is 2. The number of nitrogens with zero attached hydrogens (tertiary/aromatic N) is 1. The normalized spacial score (nSPS) is 14.8. The molecule has 0 bridgehead atoms. The van der Waals surface area contributed by atoms with E-state index in [0.29, 0.717) is 23.7 Å². The van der Waals surface area contributed by atoms with Gasteiger partial charge in [0.25, 0.3) is 5.91 Å². The number of hydrogen-bond donors (Lipinski definition) is 1. The molecule has 0 saturated carbocycles. The number of carbonyl (C=O) groups is 1. The molecule has 1 aliphatic heterocycles. The molecule has 5 nitrogen and oxygen atoms in total. The molecule has 0 saturated heterocycles. The average molecular weight is 382 g/mol. The van der Waals surface area contributed by atoms with Crippen LogP contribution in [0.5, 0.6) is 17.2 Å². The molecular weight excluding hydrogens is 364 g/mol. The lowest BCUT2D eigenvalue weighted by atomic mass is 10.1. The highest BCUT2D eigenvalue weighted by molar-refractivity contribution is 5.95. The Labute approximate surface area is 167 Å². The first-order valence-corrected chi connectivity index (χ1v) is 9.42. The fourth-order valence-electron chi connectivity index (χ4n) is 3.51. The summed E-state index contributed by atoms with van der Waals surface area (Å²) in [5.74, 6) is 1.95. The molecule has 0 spiro atoms. The van der Waals surface area contributed by atoms with Gasteiger partial charge in [-0.2, -0.15) is 0 Å². The van der Waals surface area contributed by atoms with Crippen molar-refractivity contribution in [2.75, 3.05) is 6.61 Å². The first kappa shape index (κ1) is 17.3. The zero-order valence-electron chi connectivity index (χ0n) is 15.5. The van der Waals surface area contributed by atoms with Crippen molar-refractivity contribution in [1.29, 1.82) is 0 Å². The number of carbonyl (C=O) groups excluding carboxylic acids is 1. The van der Waals surface area contributed by atoms with Crippen molar-refractivity contribution < 1.29 is 14.3 Å². The Morgan fingerprint density at radius 2 is 1.86 bits per heavy atom. The Morgan fingerprint density at radius 1 is 1.00 bits per heavy atom. The largest absolute Gasteiger partial charge is 0.491 e. The molecule has 0 radical (unpaired) electrons. The number of amides is 1. The van der Waals surface area contributed by atoms with E-state index in [1.165, 1.54) is 0 Å². The van der Waals surface area contributed by atoms with E-state index < -0.39 is 0 Å². The van der Waals surface area contributed by atoms with Crippen LogP contribution in [0.1, 0.15) is 22.0 Å². The van der Waals surface area contributed by atoms with Gasteiger partial charge in [-0.05, 0) is 42.5 Å². The van der Waals surface area contributed by atoms with Crippen LogP contribution in [0.3, 0.4) is 0 Å². The molecule has 2 heterocycles. The van der Waals surface area contributed by atoms with Crippen molar-refractivity contribution in [3.05, 3.63) is 96.2 Å². The van der Waals surface area contributed by atoms with Crippen molar-refractivity contribution in [1.82, 2.24) is 10.3 Å². The monoisotopic (exact) mass is 382 g/mol. The van der Waals surface area contributed by atoms with E-state index in [-0.39, 0.29) is 11.9 Å². The van der Waals surface area contributed by atoms with E-state index >= 15 is 0 Å². The molecule has 5 rings (SSSR count). The van der Waals surface area contributed by atoms with E-state index in [4.69, 9.17) is 9.47 Å². The number of pyridine rings is 1. The van der Waals surface area contributed by atoms with Gasteiger partial charge >= 0.3 is 0 Å². The SMILES string of the molecule is O=C(NC1COc2ccccc21)c1cccc(Oc2ccnc3ccccc23)c1. The fourth-order valence-corrected chi connectivity index (χ4v) is 3.51. The maximum Gasteiger partial charge on any atom is 0.252 e. The summed E-state index contributed by atoms with van der Waals surface area (Å²) in [5, 5.41) is 3.96. The van der Waals surface area contributed by atoms with Crippen LogP contribution in [-0.4, -0.2) is 17.5 Å². The van der Waals surface area contributed by atoms with Gasteiger partial charge in [0.15, 0.2) is 0 Å². The summed E-state index contributed by atoms with van der Waals surface area (Å²) in [5.41, 5.74) is 2.39. The third kappa shape index (κ3) is 3.38. The summed E-state index contributed by atoms with van der Waals surface area (Å²) in [4.78, 5) is 17.1. The zero-order chi connectivity index (χ0) is 19.6. The van der Waals surface area contributed by atoms with Gasteiger partial charge < -0.3 is 14.8 Å².